The van der Waals surface area contributed by atoms with Crippen LogP contribution in [0.2, 0.25) is 0 Å². The lowest BCUT2D eigenvalue weighted by molar-refractivity contribution is 0.111. The first kappa shape index (κ1) is 9.02. The summed E-state index contributed by atoms with van der Waals surface area (Å²) in [6.07, 6.45) is 5.06. The van der Waals surface area contributed by atoms with Crippen LogP contribution in [0.5, 0.6) is 0 Å². The summed E-state index contributed by atoms with van der Waals surface area (Å²) in [5.41, 5.74) is 1.62. The highest BCUT2D eigenvalue weighted by Gasteiger charge is 2.01. The molecule has 2 rings (SSSR count). The second-order valence-electron chi connectivity index (χ2n) is 2.82. The van der Waals surface area contributed by atoms with Crippen molar-refractivity contribution in [2.24, 2.45) is 0 Å². The lowest BCUT2D eigenvalue weighted by Gasteiger charge is -1.94. The van der Waals surface area contributed by atoms with Crippen molar-refractivity contribution < 1.29 is 4.79 Å². The van der Waals surface area contributed by atoms with Gasteiger partial charge in [0.15, 0.2) is 6.29 Å². The van der Waals surface area contributed by atoms with Crippen molar-refractivity contribution >= 4 is 17.6 Å². The van der Waals surface area contributed by atoms with Gasteiger partial charge >= 0.3 is 0 Å². The van der Waals surface area contributed by atoms with Crippen molar-refractivity contribution in [3.8, 4) is 0 Å². The fourth-order valence-corrected chi connectivity index (χ4v) is 1.91. The van der Waals surface area contributed by atoms with Crippen molar-refractivity contribution in [1.82, 2.24) is 9.97 Å². The van der Waals surface area contributed by atoms with Crippen LogP contribution < -0.4 is 0 Å². The van der Waals surface area contributed by atoms with Gasteiger partial charge in [0.25, 0.3) is 0 Å². The molecule has 0 spiro atoms. The Kier molecular flexibility index (Phi) is 2.65. The highest BCUT2D eigenvalue weighted by atomic mass is 32.1. The van der Waals surface area contributed by atoms with Crippen LogP contribution in [0.15, 0.2) is 29.9 Å². The number of nitrogens with zero attached hydrogens (tertiary/aromatic N) is 2. The molecule has 2 aromatic heterocycles. The maximum absolute atomic E-state index is 10.4. The van der Waals surface area contributed by atoms with Crippen LogP contribution >= 0.6 is 11.3 Å². The molecule has 2 heterocycles. The highest BCUT2D eigenvalue weighted by Crippen LogP contribution is 2.12. The van der Waals surface area contributed by atoms with Crippen LogP contribution in [0.4, 0.5) is 0 Å². The van der Waals surface area contributed by atoms with Gasteiger partial charge in [-0.25, -0.2) is 4.98 Å². The molecule has 4 heteroatoms. The number of rotatable bonds is 3. The van der Waals surface area contributed by atoms with E-state index < -0.39 is 0 Å². The van der Waals surface area contributed by atoms with E-state index >= 15 is 0 Å². The van der Waals surface area contributed by atoms with Crippen molar-refractivity contribution in [2.45, 2.75) is 6.42 Å². The normalized spacial score (nSPS) is 10.0. The molecule has 70 valence electrons. The molecule has 0 radical (unpaired) electrons. The number of aromatic nitrogens is 2. The van der Waals surface area contributed by atoms with E-state index in [1.165, 1.54) is 11.3 Å². The maximum atomic E-state index is 10.4. The van der Waals surface area contributed by atoms with Crippen LogP contribution in [0.25, 0.3) is 0 Å². The predicted molar refractivity (Wildman–Crippen MR) is 54.5 cm³/mol. The summed E-state index contributed by atoms with van der Waals surface area (Å²) in [7, 11) is 0. The van der Waals surface area contributed by atoms with Gasteiger partial charge in [-0.2, -0.15) is 0 Å². The van der Waals surface area contributed by atoms with Crippen molar-refractivity contribution in [3.63, 3.8) is 0 Å². The fourth-order valence-electron chi connectivity index (χ4n) is 1.14. The third-order valence-corrected chi connectivity index (χ3v) is 2.64. The lowest BCUT2D eigenvalue weighted by atomic mass is 10.2. The van der Waals surface area contributed by atoms with Gasteiger partial charge < -0.3 is 0 Å². The number of carbonyl (C=O) groups is 1. The molecule has 0 aliphatic rings. The van der Waals surface area contributed by atoms with Gasteiger partial charge in [-0.1, -0.05) is 6.07 Å². The van der Waals surface area contributed by atoms with Crippen LogP contribution in [-0.4, -0.2) is 16.3 Å². The largest absolute Gasteiger partial charge is 0.296 e. The highest BCUT2D eigenvalue weighted by molar-refractivity contribution is 7.09. The van der Waals surface area contributed by atoms with Crippen molar-refractivity contribution in [3.05, 3.63) is 46.2 Å². The Hall–Kier alpha value is -1.55. The van der Waals surface area contributed by atoms with Crippen LogP contribution in [0, 0.1) is 0 Å². The number of thiazole rings is 1. The van der Waals surface area contributed by atoms with Crippen LogP contribution in [0.1, 0.15) is 21.1 Å². The van der Waals surface area contributed by atoms with E-state index in [1.54, 1.807) is 11.6 Å². The zero-order chi connectivity index (χ0) is 9.80. The summed E-state index contributed by atoms with van der Waals surface area (Å²) in [6.45, 7) is 0. The summed E-state index contributed by atoms with van der Waals surface area (Å²) >= 11 is 1.50. The van der Waals surface area contributed by atoms with E-state index in [1.807, 2.05) is 18.3 Å². The Morgan fingerprint density at radius 2 is 2.43 bits per heavy atom. The third-order valence-electron chi connectivity index (χ3n) is 1.77. The van der Waals surface area contributed by atoms with Gasteiger partial charge in [-0.3, -0.25) is 9.78 Å². The summed E-state index contributed by atoms with van der Waals surface area (Å²) in [4.78, 5) is 18.6. The first-order chi connectivity index (χ1) is 6.88. The Labute approximate surface area is 85.5 Å². The second-order valence-corrected chi connectivity index (χ2v) is 3.76. The third kappa shape index (κ3) is 2.03. The number of pyridine rings is 1. The minimum Gasteiger partial charge on any atom is -0.296 e. The van der Waals surface area contributed by atoms with E-state index in [-0.39, 0.29) is 0 Å². The molecule has 0 fully saturated rings. The zero-order valence-electron chi connectivity index (χ0n) is 7.38. The number of hydrogen-bond donors (Lipinski definition) is 0. The molecule has 0 bridgehead atoms. The van der Waals surface area contributed by atoms with Gasteiger partial charge in [0.2, 0.25) is 0 Å². The Balaban J connectivity index is 2.15. The molecular formula is C10H8N2OS. The van der Waals surface area contributed by atoms with Gasteiger partial charge in [-0.05, 0) is 11.6 Å². The van der Waals surface area contributed by atoms with Gasteiger partial charge in [0, 0.05) is 24.2 Å². The lowest BCUT2D eigenvalue weighted by Crippen LogP contribution is -1.88. The molecule has 0 N–H and O–H groups in total. The summed E-state index contributed by atoms with van der Waals surface area (Å²) < 4.78 is 0. The molecule has 0 saturated carbocycles. The number of carbonyl (C=O) groups excluding carboxylic acids is 1. The Morgan fingerprint density at radius 1 is 1.50 bits per heavy atom. The predicted octanol–water partition coefficient (Wildman–Crippen LogP) is 1.94. The van der Waals surface area contributed by atoms with Crippen molar-refractivity contribution in [1.29, 1.82) is 0 Å². The molecule has 0 amide bonds. The molecule has 0 unspecified atom stereocenters. The SMILES string of the molecule is O=Cc1csc(Cc2cccnc2)n1. The summed E-state index contributed by atoms with van der Waals surface area (Å²) in [5.74, 6) is 0. The first-order valence-corrected chi connectivity index (χ1v) is 5.05. The average Bonchev–Trinajstić information content (AvgIpc) is 2.67. The quantitative estimate of drug-likeness (QED) is 0.717. The molecule has 0 aromatic carbocycles. The van der Waals surface area contributed by atoms with E-state index in [0.29, 0.717) is 5.69 Å². The molecule has 3 nitrogen and oxygen atoms in total. The van der Waals surface area contributed by atoms with Gasteiger partial charge in [0.05, 0.1) is 5.01 Å². The van der Waals surface area contributed by atoms with Crippen molar-refractivity contribution in [2.75, 3.05) is 0 Å². The van der Waals surface area contributed by atoms with Crippen LogP contribution in [0.3, 0.4) is 0 Å². The first-order valence-electron chi connectivity index (χ1n) is 4.17. The minimum absolute atomic E-state index is 0.508. The summed E-state index contributed by atoms with van der Waals surface area (Å²) in [6, 6.07) is 3.89. The smallest absolute Gasteiger partial charge is 0.169 e. The molecule has 14 heavy (non-hydrogen) atoms. The monoisotopic (exact) mass is 204 g/mol. The zero-order valence-corrected chi connectivity index (χ0v) is 8.20. The number of hydrogen-bond acceptors (Lipinski definition) is 4. The van der Waals surface area contributed by atoms with E-state index in [2.05, 4.69) is 9.97 Å². The van der Waals surface area contributed by atoms with Gasteiger partial charge in [-0.15, -0.1) is 11.3 Å². The summed E-state index contributed by atoms with van der Waals surface area (Å²) in [5, 5.41) is 2.71. The second kappa shape index (κ2) is 4.11. The minimum atomic E-state index is 0.508. The van der Waals surface area contributed by atoms with E-state index in [4.69, 9.17) is 0 Å². The Bertz CT molecular complexity index is 425. The van der Waals surface area contributed by atoms with Crippen LogP contribution in [-0.2, 0) is 6.42 Å². The fraction of sp³-hybridized carbons (Fsp3) is 0.100. The molecule has 0 saturated heterocycles. The van der Waals surface area contributed by atoms with E-state index in [9.17, 15) is 4.79 Å². The molecule has 0 atom stereocenters. The van der Waals surface area contributed by atoms with E-state index in [0.717, 1.165) is 23.3 Å². The standard InChI is InChI=1S/C10H8N2OS/c13-6-9-7-14-10(12-9)4-8-2-1-3-11-5-8/h1-3,5-7H,4H2. The molecular weight excluding hydrogens is 196 g/mol. The molecule has 0 aliphatic heterocycles. The molecule has 0 aliphatic carbocycles. The maximum Gasteiger partial charge on any atom is 0.169 e. The van der Waals surface area contributed by atoms with Gasteiger partial charge in [0.1, 0.15) is 5.69 Å². The number of aldehydes is 1. The molecule has 2 aromatic rings. The average molecular weight is 204 g/mol. The topological polar surface area (TPSA) is 42.9 Å². The Morgan fingerprint density at radius 3 is 3.07 bits per heavy atom.